The number of rotatable bonds is 64. The summed E-state index contributed by atoms with van der Waals surface area (Å²) in [7, 11) is 0. The van der Waals surface area contributed by atoms with E-state index in [1.54, 1.807) is 0 Å². The Morgan fingerprint density at radius 1 is 0.293 bits per heavy atom. The van der Waals surface area contributed by atoms with E-state index in [1.807, 2.05) is 0 Å². The number of aliphatic hydroxyl groups excluding tert-OH is 1. The Kier molecular flexibility index (Phi) is 68.3. The number of hydrogen-bond acceptors (Lipinski definition) is 5. The van der Waals surface area contributed by atoms with Crippen LogP contribution in [-0.2, 0) is 19.1 Å². The molecule has 0 radical (unpaired) electrons. The van der Waals surface area contributed by atoms with Crippen molar-refractivity contribution in [3.05, 3.63) is 122 Å². The highest BCUT2D eigenvalue weighted by molar-refractivity contribution is 5.70. The van der Waals surface area contributed by atoms with Crippen LogP contribution in [0.3, 0.4) is 0 Å². The van der Waals surface area contributed by atoms with Gasteiger partial charge < -0.3 is 14.6 Å². The van der Waals surface area contributed by atoms with Gasteiger partial charge in [-0.25, -0.2) is 0 Å². The summed E-state index contributed by atoms with van der Waals surface area (Å²) in [6.45, 7) is 4.04. The van der Waals surface area contributed by atoms with Gasteiger partial charge in [0.25, 0.3) is 0 Å². The summed E-state index contributed by atoms with van der Waals surface area (Å²) in [5.74, 6) is -0.591. The second kappa shape index (κ2) is 71.6. The van der Waals surface area contributed by atoms with Crippen molar-refractivity contribution < 1.29 is 24.2 Å². The lowest BCUT2D eigenvalue weighted by atomic mass is 10.0. The number of ether oxygens (including phenoxy) is 2. The second-order valence-corrected chi connectivity index (χ2v) is 23.2. The fourth-order valence-electron chi connectivity index (χ4n) is 10.0. The first-order valence-electron chi connectivity index (χ1n) is 35.1. The van der Waals surface area contributed by atoms with E-state index in [9.17, 15) is 14.7 Å². The zero-order valence-corrected chi connectivity index (χ0v) is 54.0. The molecular formula is C77H132O5. The molecule has 0 fully saturated rings. The van der Waals surface area contributed by atoms with E-state index in [2.05, 4.69) is 135 Å². The maximum atomic E-state index is 12.4. The number of carbonyl (C=O) groups excluding carboxylic acids is 2. The molecule has 0 aromatic carbocycles. The van der Waals surface area contributed by atoms with Crippen LogP contribution in [0.2, 0.25) is 0 Å². The average Bonchev–Trinajstić information content (AvgIpc) is 3.49. The molecule has 0 aliphatic heterocycles. The zero-order chi connectivity index (χ0) is 59.1. The van der Waals surface area contributed by atoms with Crippen molar-refractivity contribution in [2.75, 3.05) is 13.2 Å². The standard InChI is InChI=1S/C77H132O5/c1-3-5-7-9-11-13-15-17-19-21-23-25-27-29-31-33-35-36-37-38-39-40-42-43-45-47-49-51-53-55-57-59-61-63-65-67-69-71-76(79)81-74-75(73-78)82-77(80)72-70-68-66-64-62-60-58-56-54-52-50-48-46-44-41-34-32-30-28-26-24-22-20-18-16-14-12-10-8-6-4-2/h6,8,12,14-15,17-18,20-21,23-24,26-27,29-30,32,41,44,48,50,75,78H,3-5,7,9-11,13,16,19,22,25,28,31,33-40,42-43,45-47,49,51-74H2,1-2H3/b8-6-,14-12-,17-15-,20-18-,23-21-,26-24-,29-27-,32-30-,44-41-,50-48-. The predicted molar refractivity (Wildman–Crippen MR) is 362 cm³/mol. The van der Waals surface area contributed by atoms with Crippen LogP contribution in [0, 0.1) is 0 Å². The van der Waals surface area contributed by atoms with Gasteiger partial charge in [-0.3, -0.25) is 9.59 Å². The first-order valence-corrected chi connectivity index (χ1v) is 35.1. The smallest absolute Gasteiger partial charge is 0.306 e. The van der Waals surface area contributed by atoms with Gasteiger partial charge in [-0.05, 0) is 109 Å². The van der Waals surface area contributed by atoms with E-state index in [1.165, 1.54) is 205 Å². The van der Waals surface area contributed by atoms with Crippen LogP contribution < -0.4 is 0 Å². The van der Waals surface area contributed by atoms with E-state index in [0.717, 1.165) is 103 Å². The minimum Gasteiger partial charge on any atom is -0.462 e. The van der Waals surface area contributed by atoms with Crippen LogP contribution in [-0.4, -0.2) is 36.4 Å². The Morgan fingerprint density at radius 3 is 0.793 bits per heavy atom. The van der Waals surface area contributed by atoms with Crippen LogP contribution in [0.25, 0.3) is 0 Å². The molecule has 82 heavy (non-hydrogen) atoms. The highest BCUT2D eigenvalue weighted by atomic mass is 16.6. The van der Waals surface area contributed by atoms with Crippen molar-refractivity contribution in [1.29, 1.82) is 0 Å². The molecule has 0 saturated carbocycles. The van der Waals surface area contributed by atoms with Crippen LogP contribution >= 0.6 is 0 Å². The largest absolute Gasteiger partial charge is 0.462 e. The minimum absolute atomic E-state index is 0.0711. The van der Waals surface area contributed by atoms with E-state index in [4.69, 9.17) is 9.47 Å². The topological polar surface area (TPSA) is 72.8 Å². The van der Waals surface area contributed by atoms with Crippen molar-refractivity contribution in [2.45, 2.75) is 341 Å². The zero-order valence-electron chi connectivity index (χ0n) is 54.0. The maximum Gasteiger partial charge on any atom is 0.306 e. The molecule has 5 heteroatoms. The quantitative estimate of drug-likeness (QED) is 0.0373. The first kappa shape index (κ1) is 78.3. The molecule has 1 unspecified atom stereocenters. The summed E-state index contributed by atoms with van der Waals surface area (Å²) in [5, 5.41) is 9.70. The average molecular weight is 1140 g/mol. The molecule has 1 atom stereocenters. The van der Waals surface area contributed by atoms with Gasteiger partial charge in [0.15, 0.2) is 6.10 Å². The maximum absolute atomic E-state index is 12.4. The lowest BCUT2D eigenvalue weighted by Gasteiger charge is -2.15. The Labute approximate surface area is 509 Å². The van der Waals surface area contributed by atoms with E-state index < -0.39 is 6.10 Å². The number of esters is 2. The van der Waals surface area contributed by atoms with Crippen molar-refractivity contribution in [3.63, 3.8) is 0 Å². The normalized spacial score (nSPS) is 13.0. The number of aliphatic hydroxyl groups is 1. The van der Waals surface area contributed by atoms with Gasteiger partial charge in [0, 0.05) is 12.8 Å². The molecule has 0 aromatic heterocycles. The van der Waals surface area contributed by atoms with Crippen molar-refractivity contribution in [3.8, 4) is 0 Å². The molecule has 470 valence electrons. The summed E-state index contributed by atoms with van der Waals surface area (Å²) >= 11 is 0. The van der Waals surface area contributed by atoms with Gasteiger partial charge in [0.2, 0.25) is 0 Å². The Balaban J connectivity index is 3.47. The number of hydrogen-bond donors (Lipinski definition) is 1. The first-order chi connectivity index (χ1) is 40.6. The molecule has 1 N–H and O–H groups in total. The summed E-state index contributed by atoms with van der Waals surface area (Å²) in [6, 6.07) is 0. The lowest BCUT2D eigenvalue weighted by molar-refractivity contribution is -0.161. The number of allylic oxidation sites excluding steroid dienone is 20. The molecular weight excluding hydrogens is 1000 g/mol. The highest BCUT2D eigenvalue weighted by Gasteiger charge is 2.16. The van der Waals surface area contributed by atoms with Crippen LogP contribution in [0.1, 0.15) is 335 Å². The van der Waals surface area contributed by atoms with Gasteiger partial charge >= 0.3 is 11.9 Å². The molecule has 0 aliphatic rings. The Morgan fingerprint density at radius 2 is 0.524 bits per heavy atom. The van der Waals surface area contributed by atoms with Gasteiger partial charge in [-0.2, -0.15) is 0 Å². The van der Waals surface area contributed by atoms with Gasteiger partial charge in [-0.15, -0.1) is 0 Å². The van der Waals surface area contributed by atoms with Gasteiger partial charge in [-0.1, -0.05) is 334 Å². The van der Waals surface area contributed by atoms with Crippen LogP contribution in [0.5, 0.6) is 0 Å². The highest BCUT2D eigenvalue weighted by Crippen LogP contribution is 2.17. The van der Waals surface area contributed by atoms with Gasteiger partial charge in [0.05, 0.1) is 6.61 Å². The molecule has 0 amide bonds. The number of unbranched alkanes of at least 4 members (excludes halogenated alkanes) is 36. The number of carbonyl (C=O) groups is 2. The lowest BCUT2D eigenvalue weighted by Crippen LogP contribution is -2.28. The third-order valence-corrected chi connectivity index (χ3v) is 15.2. The minimum atomic E-state index is -0.783. The van der Waals surface area contributed by atoms with Crippen LogP contribution in [0.15, 0.2) is 122 Å². The van der Waals surface area contributed by atoms with Crippen molar-refractivity contribution in [1.82, 2.24) is 0 Å². The SMILES string of the molecule is CC/C=C\C/C=C\C/C=C\C/C=C\C/C=C\C/C=C\C/C=C\CCCCCCCCCCCC(=O)OC(CO)COC(=O)CCCCCCCCCCCCCCCCCCCCCCCC/C=C\C/C=C\C/C=C\CCCCCCC. The third-order valence-electron chi connectivity index (χ3n) is 15.2. The fourth-order valence-corrected chi connectivity index (χ4v) is 10.0. The molecule has 0 heterocycles. The Hall–Kier alpha value is -3.70. The summed E-state index contributed by atoms with van der Waals surface area (Å²) < 4.78 is 10.8. The molecule has 0 rings (SSSR count). The molecule has 5 nitrogen and oxygen atoms in total. The summed E-state index contributed by atoms with van der Waals surface area (Å²) in [4.78, 5) is 24.7. The van der Waals surface area contributed by atoms with Crippen LogP contribution in [0.4, 0.5) is 0 Å². The second-order valence-electron chi connectivity index (χ2n) is 23.2. The third kappa shape index (κ3) is 68.8. The molecule has 0 spiro atoms. The molecule has 0 saturated heterocycles. The van der Waals surface area contributed by atoms with E-state index >= 15 is 0 Å². The monoisotopic (exact) mass is 1140 g/mol. The molecule has 0 aromatic rings. The predicted octanol–water partition coefficient (Wildman–Crippen LogP) is 24.5. The fraction of sp³-hybridized carbons (Fsp3) is 0.714. The van der Waals surface area contributed by atoms with E-state index in [0.29, 0.717) is 12.8 Å². The molecule has 0 bridgehead atoms. The summed E-state index contributed by atoms with van der Waals surface area (Å²) in [5.41, 5.74) is 0. The van der Waals surface area contributed by atoms with E-state index in [-0.39, 0.29) is 25.2 Å². The Bertz CT molecular complexity index is 1620. The van der Waals surface area contributed by atoms with Crippen molar-refractivity contribution >= 4 is 11.9 Å². The summed E-state index contributed by atoms with van der Waals surface area (Å²) in [6.07, 6.45) is 105. The van der Waals surface area contributed by atoms with Crippen molar-refractivity contribution in [2.24, 2.45) is 0 Å². The van der Waals surface area contributed by atoms with Gasteiger partial charge in [0.1, 0.15) is 6.61 Å². The molecule has 0 aliphatic carbocycles.